The van der Waals surface area contributed by atoms with E-state index in [2.05, 4.69) is 157 Å². The molecule has 0 atom stereocenters. The van der Waals surface area contributed by atoms with Gasteiger partial charge in [0.1, 0.15) is 23.0 Å². The molecule has 4 aromatic heterocycles. The standard InChI is InChI=1S/C62H57N5O2/c1-38(2)50-18-11-19-51(39(3)4)60(50)44-22-28-56(65-36-44)42-14-9-16-46(32-42)68-48-24-26-54-55-27-25-49(35-59(55)67(58(54)34-48)62-63-30-13-31-64-62)69-47-17-10-15-43(33-47)57-29-23-45(37-66-57)61-52(40(5)6)20-12-21-53(61)41(7)8/h9-41H,1-8H3. The Morgan fingerprint density at radius 2 is 0.754 bits per heavy atom. The lowest BCUT2D eigenvalue weighted by molar-refractivity contribution is 0.483. The first-order valence-corrected chi connectivity index (χ1v) is 24.1. The van der Waals surface area contributed by atoms with Crippen LogP contribution in [0.15, 0.2) is 176 Å². The summed E-state index contributed by atoms with van der Waals surface area (Å²) in [7, 11) is 0. The highest BCUT2D eigenvalue weighted by Crippen LogP contribution is 2.41. The van der Waals surface area contributed by atoms with Gasteiger partial charge in [0.25, 0.3) is 0 Å². The summed E-state index contributed by atoms with van der Waals surface area (Å²) in [5.74, 6) is 4.96. The van der Waals surface area contributed by atoms with Gasteiger partial charge in [0.15, 0.2) is 0 Å². The van der Waals surface area contributed by atoms with Gasteiger partial charge in [-0.25, -0.2) is 9.97 Å². The molecule has 0 aliphatic carbocycles. The zero-order valence-electron chi connectivity index (χ0n) is 40.6. The van der Waals surface area contributed by atoms with E-state index in [0.29, 0.717) is 52.6 Å². The number of ether oxygens (including phenoxy) is 2. The first-order valence-electron chi connectivity index (χ1n) is 24.1. The molecule has 10 rings (SSSR count). The topological polar surface area (TPSA) is 75.0 Å². The second-order valence-corrected chi connectivity index (χ2v) is 19.1. The fourth-order valence-corrected chi connectivity index (χ4v) is 9.63. The van der Waals surface area contributed by atoms with Crippen LogP contribution in [0.4, 0.5) is 0 Å². The fourth-order valence-electron chi connectivity index (χ4n) is 9.63. The highest BCUT2D eigenvalue weighted by molar-refractivity contribution is 6.09. The maximum absolute atomic E-state index is 6.61. The van der Waals surface area contributed by atoms with Crippen molar-refractivity contribution in [2.24, 2.45) is 0 Å². The Kier molecular flexibility index (Phi) is 12.4. The number of hydrogen-bond acceptors (Lipinski definition) is 6. The van der Waals surface area contributed by atoms with Gasteiger partial charge in [0.2, 0.25) is 5.95 Å². The molecule has 342 valence electrons. The monoisotopic (exact) mass is 903 g/mol. The highest BCUT2D eigenvalue weighted by Gasteiger charge is 2.20. The van der Waals surface area contributed by atoms with Crippen molar-refractivity contribution in [2.45, 2.75) is 79.1 Å². The molecule has 0 amide bonds. The van der Waals surface area contributed by atoms with E-state index in [1.165, 1.54) is 33.4 Å². The molecule has 0 radical (unpaired) electrons. The molecule has 0 aliphatic rings. The van der Waals surface area contributed by atoms with Crippen LogP contribution in [0.1, 0.15) is 101 Å². The van der Waals surface area contributed by atoms with E-state index in [4.69, 9.17) is 29.4 Å². The summed E-state index contributed by atoms with van der Waals surface area (Å²) >= 11 is 0. The van der Waals surface area contributed by atoms with Crippen LogP contribution in [0.3, 0.4) is 0 Å². The summed E-state index contributed by atoms with van der Waals surface area (Å²) < 4.78 is 15.3. The first-order chi connectivity index (χ1) is 33.5. The average Bonchev–Trinajstić information content (AvgIpc) is 3.69. The summed E-state index contributed by atoms with van der Waals surface area (Å²) in [6, 6.07) is 52.3. The van der Waals surface area contributed by atoms with Crippen LogP contribution in [-0.2, 0) is 0 Å². The van der Waals surface area contributed by atoms with Gasteiger partial charge in [0.05, 0.1) is 22.4 Å². The van der Waals surface area contributed by atoms with E-state index in [1.807, 2.05) is 67.0 Å². The van der Waals surface area contributed by atoms with E-state index in [0.717, 1.165) is 55.4 Å². The Morgan fingerprint density at radius 3 is 1.13 bits per heavy atom. The van der Waals surface area contributed by atoms with E-state index in [9.17, 15) is 0 Å². The predicted molar refractivity (Wildman–Crippen MR) is 283 cm³/mol. The number of fused-ring (bicyclic) bond motifs is 3. The molecule has 0 N–H and O–H groups in total. The zero-order chi connectivity index (χ0) is 47.8. The Morgan fingerprint density at radius 1 is 0.362 bits per heavy atom. The molecule has 10 aromatic rings. The molecule has 7 heteroatoms. The molecule has 0 saturated carbocycles. The van der Waals surface area contributed by atoms with Crippen LogP contribution in [0.5, 0.6) is 23.0 Å². The van der Waals surface area contributed by atoms with Crippen LogP contribution in [0.25, 0.3) is 72.5 Å². The molecule has 0 unspecified atom stereocenters. The van der Waals surface area contributed by atoms with Crippen molar-refractivity contribution in [2.75, 3.05) is 0 Å². The quantitative estimate of drug-likeness (QED) is 0.115. The Labute approximate surface area is 405 Å². The van der Waals surface area contributed by atoms with Crippen molar-refractivity contribution in [3.63, 3.8) is 0 Å². The number of pyridine rings is 2. The second-order valence-electron chi connectivity index (χ2n) is 19.1. The van der Waals surface area contributed by atoms with Gasteiger partial charge in [-0.05, 0) is 124 Å². The van der Waals surface area contributed by atoms with Gasteiger partial charge in [-0.3, -0.25) is 14.5 Å². The van der Waals surface area contributed by atoms with Crippen LogP contribution in [0.2, 0.25) is 0 Å². The van der Waals surface area contributed by atoms with Crippen molar-refractivity contribution < 1.29 is 9.47 Å². The van der Waals surface area contributed by atoms with Crippen LogP contribution in [0, 0.1) is 0 Å². The summed E-state index contributed by atoms with van der Waals surface area (Å²) in [5, 5.41) is 2.09. The van der Waals surface area contributed by atoms with Crippen molar-refractivity contribution in [1.29, 1.82) is 0 Å². The molecule has 0 bridgehead atoms. The molecular formula is C62H57N5O2. The summed E-state index contributed by atoms with van der Waals surface area (Å²) in [5.41, 5.74) is 15.8. The average molecular weight is 904 g/mol. The van der Waals surface area contributed by atoms with E-state index in [1.54, 1.807) is 12.4 Å². The molecule has 4 heterocycles. The lowest BCUT2D eigenvalue weighted by Crippen LogP contribution is -2.00. The molecular weight excluding hydrogens is 847 g/mol. The number of rotatable bonds is 13. The van der Waals surface area contributed by atoms with E-state index >= 15 is 0 Å². The smallest absolute Gasteiger partial charge is 0.234 e. The predicted octanol–water partition coefficient (Wildman–Crippen LogP) is 17.1. The zero-order valence-corrected chi connectivity index (χ0v) is 40.6. The highest BCUT2D eigenvalue weighted by atomic mass is 16.5. The third kappa shape index (κ3) is 9.00. The molecule has 6 aromatic carbocycles. The Bertz CT molecular complexity index is 3180. The fraction of sp³-hybridized carbons (Fsp3) is 0.194. The van der Waals surface area contributed by atoms with Crippen molar-refractivity contribution in [3.8, 4) is 73.7 Å². The van der Waals surface area contributed by atoms with Crippen molar-refractivity contribution in [3.05, 3.63) is 199 Å². The summed E-state index contributed by atoms with van der Waals surface area (Å²) in [4.78, 5) is 19.4. The van der Waals surface area contributed by atoms with Gasteiger partial charge < -0.3 is 9.47 Å². The third-order valence-corrected chi connectivity index (χ3v) is 13.0. The Balaban J connectivity index is 0.931. The molecule has 0 spiro atoms. The Hall–Kier alpha value is -7.90. The lowest BCUT2D eigenvalue weighted by Gasteiger charge is -2.20. The SMILES string of the molecule is CC(C)c1cccc(C(C)C)c1-c1ccc(-c2cccc(Oc3ccc4c5ccc(Oc6cccc(-c7ccc(-c8c(C(C)C)cccc8C(C)C)cn7)c6)cc5n(-c5ncccn5)c4c3)c2)nc1. The van der Waals surface area contributed by atoms with E-state index < -0.39 is 0 Å². The van der Waals surface area contributed by atoms with Gasteiger partial charge in [0, 0.05) is 69.9 Å². The van der Waals surface area contributed by atoms with Crippen molar-refractivity contribution >= 4 is 21.8 Å². The molecule has 0 aliphatic heterocycles. The summed E-state index contributed by atoms with van der Waals surface area (Å²) in [6.07, 6.45) is 7.54. The number of aromatic nitrogens is 5. The molecule has 69 heavy (non-hydrogen) atoms. The normalized spacial score (nSPS) is 11.7. The number of benzene rings is 6. The van der Waals surface area contributed by atoms with E-state index in [-0.39, 0.29) is 0 Å². The van der Waals surface area contributed by atoms with Gasteiger partial charge >= 0.3 is 0 Å². The largest absolute Gasteiger partial charge is 0.457 e. The first kappa shape index (κ1) is 44.9. The van der Waals surface area contributed by atoms with Crippen molar-refractivity contribution in [1.82, 2.24) is 24.5 Å². The summed E-state index contributed by atoms with van der Waals surface area (Å²) in [6.45, 7) is 18.0. The number of nitrogens with zero attached hydrogens (tertiary/aromatic N) is 5. The second kappa shape index (κ2) is 19.0. The molecule has 0 saturated heterocycles. The van der Waals surface area contributed by atoms with Crippen LogP contribution < -0.4 is 9.47 Å². The van der Waals surface area contributed by atoms with Gasteiger partial charge in [-0.15, -0.1) is 0 Å². The minimum atomic E-state index is 0.403. The van der Waals surface area contributed by atoms with Crippen LogP contribution >= 0.6 is 0 Å². The third-order valence-electron chi connectivity index (χ3n) is 13.0. The maximum atomic E-state index is 6.61. The molecule has 0 fully saturated rings. The number of hydrogen-bond donors (Lipinski definition) is 0. The maximum Gasteiger partial charge on any atom is 0.234 e. The minimum Gasteiger partial charge on any atom is -0.457 e. The van der Waals surface area contributed by atoms with Crippen LogP contribution in [-0.4, -0.2) is 24.5 Å². The minimum absolute atomic E-state index is 0.403. The molecule has 7 nitrogen and oxygen atoms in total. The lowest BCUT2D eigenvalue weighted by atomic mass is 9.85. The van der Waals surface area contributed by atoms with Gasteiger partial charge in [-0.1, -0.05) is 128 Å². The van der Waals surface area contributed by atoms with Gasteiger partial charge in [-0.2, -0.15) is 0 Å².